The molecule has 3 atom stereocenters. The Morgan fingerprint density at radius 1 is 1.37 bits per heavy atom. The predicted octanol–water partition coefficient (Wildman–Crippen LogP) is 3.65. The van der Waals surface area contributed by atoms with E-state index in [4.69, 9.17) is 0 Å². The zero-order valence-corrected chi connectivity index (χ0v) is 12.5. The van der Waals surface area contributed by atoms with Crippen molar-refractivity contribution in [2.45, 2.75) is 58.0 Å². The van der Waals surface area contributed by atoms with Gasteiger partial charge in [-0.05, 0) is 61.2 Å². The van der Waals surface area contributed by atoms with E-state index in [1.165, 1.54) is 43.4 Å². The largest absolute Gasteiger partial charge is 0.392 e. The minimum absolute atomic E-state index is 0.154. The van der Waals surface area contributed by atoms with Gasteiger partial charge >= 0.3 is 0 Å². The van der Waals surface area contributed by atoms with E-state index >= 15 is 0 Å². The molecule has 1 aromatic rings. The summed E-state index contributed by atoms with van der Waals surface area (Å²) in [6, 6.07) is 0. The third-order valence-electron chi connectivity index (χ3n) is 5.98. The van der Waals surface area contributed by atoms with Crippen LogP contribution in [0.3, 0.4) is 0 Å². The van der Waals surface area contributed by atoms with Crippen molar-refractivity contribution in [1.82, 2.24) is 4.98 Å². The normalized spacial score (nSPS) is 45.6. The highest BCUT2D eigenvalue weighted by Gasteiger charge is 2.58. The maximum Gasteiger partial charge on any atom is 0.0794 e. The van der Waals surface area contributed by atoms with Gasteiger partial charge in [0.05, 0.1) is 11.6 Å². The first-order chi connectivity index (χ1) is 9.07. The van der Waals surface area contributed by atoms with E-state index < -0.39 is 0 Å². The van der Waals surface area contributed by atoms with Crippen molar-refractivity contribution in [2.24, 2.45) is 22.7 Å². The van der Waals surface area contributed by atoms with Crippen molar-refractivity contribution in [3.63, 3.8) is 0 Å². The number of aliphatic hydroxyl groups is 1. The number of nitrogens with zero attached hydrogens (tertiary/aromatic N) is 1. The molecule has 0 aromatic carbocycles. The van der Waals surface area contributed by atoms with Crippen LogP contribution < -0.4 is 0 Å². The summed E-state index contributed by atoms with van der Waals surface area (Å²) in [5, 5.41) is 10.9. The van der Waals surface area contributed by atoms with Crippen molar-refractivity contribution in [2.75, 3.05) is 0 Å². The Balaban J connectivity index is 1.59. The zero-order chi connectivity index (χ0) is 13.1. The molecule has 104 valence electrons. The fourth-order valence-electron chi connectivity index (χ4n) is 5.94. The monoisotopic (exact) mass is 277 g/mol. The lowest BCUT2D eigenvalue weighted by Crippen LogP contribution is -2.55. The second-order valence-corrected chi connectivity index (χ2v) is 8.79. The molecule has 19 heavy (non-hydrogen) atoms. The molecular formula is C16H23NOS. The van der Waals surface area contributed by atoms with Gasteiger partial charge in [0.1, 0.15) is 0 Å². The second kappa shape index (κ2) is 4.05. The van der Waals surface area contributed by atoms with Crippen LogP contribution in [0.5, 0.6) is 0 Å². The van der Waals surface area contributed by atoms with Gasteiger partial charge in [-0.2, -0.15) is 0 Å². The molecule has 1 N–H and O–H groups in total. The molecule has 0 spiro atoms. The summed E-state index contributed by atoms with van der Waals surface area (Å²) in [5.41, 5.74) is 2.63. The van der Waals surface area contributed by atoms with Crippen LogP contribution in [0, 0.1) is 22.7 Å². The summed E-state index contributed by atoms with van der Waals surface area (Å²) in [7, 11) is 0. The fraction of sp³-hybridized carbons (Fsp3) is 0.812. The van der Waals surface area contributed by atoms with Crippen molar-refractivity contribution in [1.29, 1.82) is 0 Å². The van der Waals surface area contributed by atoms with Gasteiger partial charge in [-0.15, -0.1) is 11.3 Å². The van der Waals surface area contributed by atoms with Crippen LogP contribution >= 0.6 is 11.3 Å². The quantitative estimate of drug-likeness (QED) is 0.914. The van der Waals surface area contributed by atoms with Crippen LogP contribution in [-0.2, 0) is 6.42 Å². The lowest BCUT2D eigenvalue weighted by molar-refractivity contribution is -0.152. The maximum absolute atomic E-state index is 10.9. The summed E-state index contributed by atoms with van der Waals surface area (Å²) < 4.78 is 0. The summed E-state index contributed by atoms with van der Waals surface area (Å²) in [4.78, 5) is 5.39. The lowest BCUT2D eigenvalue weighted by Gasteiger charge is -2.62. The lowest BCUT2D eigenvalue weighted by atomic mass is 9.43. The molecule has 2 nitrogen and oxygen atoms in total. The molecule has 0 saturated heterocycles. The van der Waals surface area contributed by atoms with E-state index in [9.17, 15) is 5.11 Å². The molecule has 3 unspecified atom stereocenters. The highest BCUT2D eigenvalue weighted by molar-refractivity contribution is 7.09. The van der Waals surface area contributed by atoms with Gasteiger partial charge in [-0.3, -0.25) is 4.98 Å². The van der Waals surface area contributed by atoms with Crippen LogP contribution in [0.2, 0.25) is 0 Å². The molecule has 5 rings (SSSR count). The van der Waals surface area contributed by atoms with E-state index in [1.807, 2.05) is 11.7 Å². The summed E-state index contributed by atoms with van der Waals surface area (Å²) >= 11 is 1.68. The first kappa shape index (κ1) is 12.3. The molecule has 3 heteroatoms. The Morgan fingerprint density at radius 2 is 2.11 bits per heavy atom. The second-order valence-electron chi connectivity index (χ2n) is 7.82. The molecule has 4 fully saturated rings. The van der Waals surface area contributed by atoms with Gasteiger partial charge < -0.3 is 5.11 Å². The van der Waals surface area contributed by atoms with Gasteiger partial charge in [0.15, 0.2) is 0 Å². The van der Waals surface area contributed by atoms with Crippen molar-refractivity contribution in [3.05, 3.63) is 16.6 Å². The van der Waals surface area contributed by atoms with E-state index in [-0.39, 0.29) is 11.5 Å². The van der Waals surface area contributed by atoms with Gasteiger partial charge in [0.2, 0.25) is 0 Å². The molecule has 0 aliphatic heterocycles. The standard InChI is InChI=1S/C16H23NOS/c1-15-4-11-2-12(5-15)7-16(6-11,9-15)14(18)3-13-8-17-10-19-13/h8,10-12,14,18H,2-7,9H2,1H3. The molecule has 4 saturated carbocycles. The van der Waals surface area contributed by atoms with Crippen LogP contribution in [-0.4, -0.2) is 16.2 Å². The van der Waals surface area contributed by atoms with Crippen molar-refractivity contribution < 1.29 is 5.11 Å². The van der Waals surface area contributed by atoms with Gasteiger partial charge in [0, 0.05) is 17.5 Å². The van der Waals surface area contributed by atoms with E-state index in [1.54, 1.807) is 11.3 Å². The Labute approximate surface area is 119 Å². The van der Waals surface area contributed by atoms with Gasteiger partial charge in [-0.1, -0.05) is 6.92 Å². The van der Waals surface area contributed by atoms with Gasteiger partial charge in [-0.25, -0.2) is 0 Å². The highest BCUT2D eigenvalue weighted by Crippen LogP contribution is 2.66. The van der Waals surface area contributed by atoms with Crippen LogP contribution in [0.15, 0.2) is 11.7 Å². The summed E-state index contributed by atoms with van der Waals surface area (Å²) in [6.07, 6.45) is 10.7. The van der Waals surface area contributed by atoms with Gasteiger partial charge in [0.25, 0.3) is 0 Å². The van der Waals surface area contributed by atoms with Crippen molar-refractivity contribution in [3.8, 4) is 0 Å². The topological polar surface area (TPSA) is 33.1 Å². The number of aromatic nitrogens is 1. The number of thiazole rings is 1. The molecule has 1 aromatic heterocycles. The number of aliphatic hydroxyl groups excluding tert-OH is 1. The third kappa shape index (κ3) is 1.97. The minimum Gasteiger partial charge on any atom is -0.392 e. The minimum atomic E-state index is -0.154. The number of rotatable bonds is 3. The Morgan fingerprint density at radius 3 is 2.68 bits per heavy atom. The molecule has 0 amide bonds. The molecule has 4 aliphatic carbocycles. The van der Waals surface area contributed by atoms with E-state index in [0.717, 1.165) is 18.3 Å². The summed E-state index contributed by atoms with van der Waals surface area (Å²) in [6.45, 7) is 2.47. The third-order valence-corrected chi connectivity index (χ3v) is 6.79. The Kier molecular flexibility index (Phi) is 2.63. The molecule has 4 aliphatic rings. The predicted molar refractivity (Wildman–Crippen MR) is 77.0 cm³/mol. The Bertz CT molecular complexity index is 455. The number of hydrogen-bond acceptors (Lipinski definition) is 3. The molecule has 4 bridgehead atoms. The van der Waals surface area contributed by atoms with Crippen LogP contribution in [0.1, 0.15) is 50.3 Å². The van der Waals surface area contributed by atoms with Crippen LogP contribution in [0.4, 0.5) is 0 Å². The smallest absolute Gasteiger partial charge is 0.0794 e. The fourth-order valence-corrected chi connectivity index (χ4v) is 6.57. The first-order valence-corrected chi connectivity index (χ1v) is 8.50. The molecule has 1 heterocycles. The zero-order valence-electron chi connectivity index (χ0n) is 11.6. The maximum atomic E-state index is 10.9. The van der Waals surface area contributed by atoms with E-state index in [2.05, 4.69) is 11.9 Å². The average molecular weight is 277 g/mol. The average Bonchev–Trinajstić information content (AvgIpc) is 2.78. The Hall–Kier alpha value is -0.410. The first-order valence-electron chi connectivity index (χ1n) is 7.62. The molecule has 0 radical (unpaired) electrons. The van der Waals surface area contributed by atoms with E-state index in [0.29, 0.717) is 5.41 Å². The highest BCUT2D eigenvalue weighted by atomic mass is 32.1. The molecular weight excluding hydrogens is 254 g/mol. The van der Waals surface area contributed by atoms with Crippen molar-refractivity contribution >= 4 is 11.3 Å². The number of hydrogen-bond donors (Lipinski definition) is 1. The van der Waals surface area contributed by atoms with Crippen LogP contribution in [0.25, 0.3) is 0 Å². The summed E-state index contributed by atoms with van der Waals surface area (Å²) in [5.74, 6) is 1.78. The SMILES string of the molecule is CC12CC3CC(C1)CC(C(O)Cc1cncs1)(C3)C2.